The highest BCUT2D eigenvalue weighted by Gasteiger charge is 2.33. The van der Waals surface area contributed by atoms with Crippen LogP contribution in [0, 0.1) is 16.0 Å². The summed E-state index contributed by atoms with van der Waals surface area (Å²) < 4.78 is 29.7. The molecule has 1 unspecified atom stereocenters. The zero-order valence-electron chi connectivity index (χ0n) is 16.9. The lowest BCUT2D eigenvalue weighted by Crippen LogP contribution is -2.42. The number of non-ortho nitro benzene ring substituents is 1. The molecule has 1 saturated heterocycles. The summed E-state index contributed by atoms with van der Waals surface area (Å²) in [6, 6.07) is 7.74. The number of aromatic nitrogens is 1. The van der Waals surface area contributed by atoms with Crippen LogP contribution in [0.4, 0.5) is 5.69 Å². The van der Waals surface area contributed by atoms with E-state index in [-0.39, 0.29) is 16.4 Å². The molecule has 32 heavy (non-hydrogen) atoms. The number of benzene rings is 1. The quantitative estimate of drug-likeness (QED) is 0.297. The Balaban J connectivity index is 1.66. The highest BCUT2D eigenvalue weighted by molar-refractivity contribution is 7.91. The van der Waals surface area contributed by atoms with Crippen LogP contribution in [0.2, 0.25) is 0 Å². The zero-order valence-corrected chi connectivity index (χ0v) is 19.4. The number of hydrogen-bond donors (Lipinski definition) is 0. The van der Waals surface area contributed by atoms with Crippen molar-refractivity contribution in [3.05, 3.63) is 63.3 Å². The second kappa shape index (κ2) is 9.06. The predicted molar refractivity (Wildman–Crippen MR) is 123 cm³/mol. The van der Waals surface area contributed by atoms with E-state index in [1.165, 1.54) is 27.8 Å². The molecule has 1 amide bonds. The average molecular weight is 493 g/mol. The maximum Gasteiger partial charge on any atom is 0.270 e. The van der Waals surface area contributed by atoms with Crippen molar-refractivity contribution in [2.24, 2.45) is 10.9 Å². The minimum absolute atomic E-state index is 0.0379. The van der Waals surface area contributed by atoms with Crippen LogP contribution in [0.1, 0.15) is 12.8 Å². The molecule has 1 fully saturated rings. The van der Waals surface area contributed by atoms with Gasteiger partial charge in [-0.25, -0.2) is 8.42 Å². The first-order valence-electron chi connectivity index (χ1n) is 9.82. The summed E-state index contributed by atoms with van der Waals surface area (Å²) in [6.07, 6.45) is 2.78. The van der Waals surface area contributed by atoms with E-state index < -0.39 is 26.8 Å². The van der Waals surface area contributed by atoms with Crippen molar-refractivity contribution < 1.29 is 18.1 Å². The smallest absolute Gasteiger partial charge is 0.270 e. The Labute approximate surface area is 192 Å². The van der Waals surface area contributed by atoms with Crippen molar-refractivity contribution >= 4 is 54.5 Å². The van der Waals surface area contributed by atoms with E-state index >= 15 is 0 Å². The molecule has 1 aliphatic heterocycles. The summed E-state index contributed by atoms with van der Waals surface area (Å²) in [6.45, 7) is 4.57. The maximum atomic E-state index is 13.0. The summed E-state index contributed by atoms with van der Waals surface area (Å²) in [5, 5.41) is 12.8. The van der Waals surface area contributed by atoms with Gasteiger partial charge in [0.2, 0.25) is 0 Å². The van der Waals surface area contributed by atoms with Crippen LogP contribution in [0.15, 0.2) is 57.6 Å². The highest BCUT2D eigenvalue weighted by atomic mass is 32.2. The molecule has 0 aliphatic carbocycles. The minimum atomic E-state index is -3.63. The molecule has 1 aromatic carbocycles. The molecule has 1 aliphatic rings. The third kappa shape index (κ3) is 4.31. The van der Waals surface area contributed by atoms with E-state index in [2.05, 4.69) is 11.6 Å². The summed E-state index contributed by atoms with van der Waals surface area (Å²) in [5.41, 5.74) is 0.682. The highest BCUT2D eigenvalue weighted by Crippen LogP contribution is 2.27. The van der Waals surface area contributed by atoms with E-state index in [4.69, 9.17) is 0 Å². The van der Waals surface area contributed by atoms with Gasteiger partial charge in [-0.2, -0.15) is 9.30 Å². The lowest BCUT2D eigenvalue weighted by molar-refractivity contribution is -0.384. The van der Waals surface area contributed by atoms with E-state index in [9.17, 15) is 23.3 Å². The second-order valence-electron chi connectivity index (χ2n) is 7.28. The van der Waals surface area contributed by atoms with Crippen molar-refractivity contribution in [1.82, 2.24) is 8.87 Å². The van der Waals surface area contributed by atoms with Crippen LogP contribution in [-0.4, -0.2) is 41.2 Å². The van der Waals surface area contributed by atoms with Crippen LogP contribution < -0.4 is 4.80 Å². The molecule has 0 saturated carbocycles. The standard InChI is InChI=1S/C20H20N4O5S3/c1-2-9-23-16-8-7-15(24(26)27)12-17(16)31-20(23)21-19(25)14-5-3-10-22(13-14)32(28,29)18-6-4-11-30-18/h2,4,6-8,11-12,14H,1,3,5,9-10,13H2. The average Bonchev–Trinajstić information content (AvgIpc) is 3.43. The van der Waals surface area contributed by atoms with Gasteiger partial charge in [-0.3, -0.25) is 14.9 Å². The van der Waals surface area contributed by atoms with Crippen LogP contribution in [-0.2, 0) is 21.4 Å². The molecule has 3 aromatic rings. The fourth-order valence-corrected chi connectivity index (χ4v) is 7.40. The predicted octanol–water partition coefficient (Wildman–Crippen LogP) is 3.39. The van der Waals surface area contributed by atoms with Crippen molar-refractivity contribution in [2.45, 2.75) is 23.6 Å². The molecule has 0 radical (unpaired) electrons. The number of sulfonamides is 1. The zero-order chi connectivity index (χ0) is 22.9. The number of nitro benzene ring substituents is 1. The number of carbonyl (C=O) groups excluding carboxylic acids is 1. The number of nitrogens with zero attached hydrogens (tertiary/aromatic N) is 4. The molecule has 9 nitrogen and oxygen atoms in total. The first-order valence-corrected chi connectivity index (χ1v) is 13.0. The van der Waals surface area contributed by atoms with Crippen LogP contribution in [0.3, 0.4) is 0 Å². The monoisotopic (exact) mass is 492 g/mol. The van der Waals surface area contributed by atoms with Gasteiger partial charge in [0.25, 0.3) is 21.6 Å². The number of allylic oxidation sites excluding steroid dienone is 1. The summed E-state index contributed by atoms with van der Waals surface area (Å²) in [7, 11) is -3.63. The number of piperidine rings is 1. The first kappa shape index (κ1) is 22.5. The van der Waals surface area contributed by atoms with E-state index in [0.717, 1.165) is 16.9 Å². The molecule has 3 heterocycles. The number of carbonyl (C=O) groups is 1. The Morgan fingerprint density at radius 1 is 1.38 bits per heavy atom. The Bertz CT molecular complexity index is 1360. The maximum absolute atomic E-state index is 13.0. The number of fused-ring (bicyclic) bond motifs is 1. The molecule has 1 atom stereocenters. The molecular weight excluding hydrogens is 472 g/mol. The minimum Gasteiger partial charge on any atom is -0.312 e. The Morgan fingerprint density at radius 3 is 2.88 bits per heavy atom. The Hall–Kier alpha value is -2.67. The molecular formula is C20H20N4O5S3. The van der Waals surface area contributed by atoms with Gasteiger partial charge in [-0.15, -0.1) is 17.9 Å². The number of thiazole rings is 1. The number of thiophene rings is 1. The first-order chi connectivity index (χ1) is 15.3. The van der Waals surface area contributed by atoms with Gasteiger partial charge in [0.1, 0.15) is 4.21 Å². The van der Waals surface area contributed by atoms with E-state index in [0.29, 0.717) is 35.4 Å². The molecule has 0 bridgehead atoms. The fourth-order valence-electron chi connectivity index (χ4n) is 3.65. The SMILES string of the molecule is C=CCn1c(=NC(=O)C2CCCN(S(=O)(=O)c3cccs3)C2)sc2cc([N+](=O)[O-])ccc21. The Kier molecular flexibility index (Phi) is 6.38. The molecule has 4 rings (SSSR count). The lowest BCUT2D eigenvalue weighted by Gasteiger charge is -2.29. The number of nitro groups is 1. The van der Waals surface area contributed by atoms with Gasteiger partial charge in [0.05, 0.1) is 21.1 Å². The van der Waals surface area contributed by atoms with Gasteiger partial charge < -0.3 is 4.57 Å². The van der Waals surface area contributed by atoms with Gasteiger partial charge >= 0.3 is 0 Å². The largest absolute Gasteiger partial charge is 0.312 e. The molecule has 0 spiro atoms. The second-order valence-corrected chi connectivity index (χ2v) is 11.4. The van der Waals surface area contributed by atoms with Crippen molar-refractivity contribution in [1.29, 1.82) is 0 Å². The number of rotatable bonds is 6. The summed E-state index contributed by atoms with van der Waals surface area (Å²) >= 11 is 2.34. The fraction of sp³-hybridized carbons (Fsp3) is 0.300. The van der Waals surface area contributed by atoms with Gasteiger partial charge in [0.15, 0.2) is 4.80 Å². The van der Waals surface area contributed by atoms with Gasteiger partial charge in [0, 0.05) is 31.8 Å². The molecule has 0 N–H and O–H groups in total. The lowest BCUT2D eigenvalue weighted by atomic mass is 9.99. The molecule has 2 aromatic heterocycles. The van der Waals surface area contributed by atoms with Crippen molar-refractivity contribution in [3.8, 4) is 0 Å². The van der Waals surface area contributed by atoms with Crippen molar-refractivity contribution in [2.75, 3.05) is 13.1 Å². The summed E-state index contributed by atoms with van der Waals surface area (Å²) in [4.78, 5) is 28.3. The third-order valence-electron chi connectivity index (χ3n) is 5.22. The van der Waals surface area contributed by atoms with Crippen LogP contribution >= 0.6 is 22.7 Å². The van der Waals surface area contributed by atoms with E-state index in [1.807, 2.05) is 0 Å². The topological polar surface area (TPSA) is 115 Å². The number of hydrogen-bond acceptors (Lipinski definition) is 7. The van der Waals surface area contributed by atoms with Crippen molar-refractivity contribution in [3.63, 3.8) is 0 Å². The molecule has 168 valence electrons. The van der Waals surface area contributed by atoms with Gasteiger partial charge in [-0.05, 0) is 30.4 Å². The summed E-state index contributed by atoms with van der Waals surface area (Å²) in [5.74, 6) is -0.940. The van der Waals surface area contributed by atoms with E-state index in [1.54, 1.807) is 34.2 Å². The molecule has 12 heteroatoms. The Morgan fingerprint density at radius 2 is 2.19 bits per heavy atom. The van der Waals surface area contributed by atoms with Crippen LogP contribution in [0.25, 0.3) is 10.2 Å². The normalized spacial score (nSPS) is 18.1. The van der Waals surface area contributed by atoms with Crippen LogP contribution in [0.5, 0.6) is 0 Å². The third-order valence-corrected chi connectivity index (χ3v) is 9.50. The number of amides is 1. The van der Waals surface area contributed by atoms with Gasteiger partial charge in [-0.1, -0.05) is 23.5 Å².